The summed E-state index contributed by atoms with van der Waals surface area (Å²) >= 11 is 0. The number of ketones is 1. The molecule has 0 aromatic heterocycles. The maximum Gasteiger partial charge on any atom is 0.305 e. The molecule has 0 amide bonds. The lowest BCUT2D eigenvalue weighted by atomic mass is 9.51. The number of aliphatic hydroxyl groups excluding tert-OH is 4. The summed E-state index contributed by atoms with van der Waals surface area (Å²) in [5.74, 6) is 4.34. The Morgan fingerprint density at radius 3 is 1.05 bits per heavy atom. The largest absolute Gasteiger partial charge is 0.465 e. The second-order valence-electron chi connectivity index (χ2n) is 42.2. The summed E-state index contributed by atoms with van der Waals surface area (Å²) in [6.45, 7) is 82.2. The molecule has 106 heavy (non-hydrogen) atoms. The maximum absolute atomic E-state index is 12.3. The molecule has 9 heteroatoms. The van der Waals surface area contributed by atoms with Gasteiger partial charge >= 0.3 is 11.9 Å². The van der Waals surface area contributed by atoms with Crippen molar-refractivity contribution in [2.45, 2.75) is 433 Å². The number of carbonyl (C=O) groups excluding carboxylic acids is 3. The standard InChI is InChI=1S/C15H30O.C14H26O2.2C14H26O.C14H24O.C13H24O2.C13H26O/c1-6-7-10-13(16)15(5)12(2)9-8-11-14(15,3)4;1-6-12(15)16-10-14(5)11(2)8-7-9-13(14,3)4;3*1-6-8-12(15)14(5)11(2)9-7-10-13(14,3)4;1-10-7-6-8-12(3,4)13(10,5)9-15-11(2)14;1-6-11(14)13(5)10(2)8-7-9-12(13,3)4/h12-13,16H,6-11H2,1-5H3;11H,6-10H2,1-5H3;6,8,11-12,15H,7,9-10H2,1-5H3;6,11-12,15H,1,7-10H2,2-5H3;6,11H,1,7-10H2,2-5H3;10H,6-9H2,1-5H3;10-11,14H,6-9H2,1-5H3/b;;8-6+;;;;. The average molecular weight is 1490 g/mol. The topological polar surface area (TPSA) is 151 Å². The Hall–Kier alpha value is -2.33. The minimum Gasteiger partial charge on any atom is -0.465 e. The first-order valence-electron chi connectivity index (χ1n) is 43.8. The molecule has 7 saturated carbocycles. The Morgan fingerprint density at radius 2 is 0.745 bits per heavy atom. The number of esters is 2. The van der Waals surface area contributed by atoms with Crippen LogP contribution in [0.3, 0.4) is 0 Å². The predicted molar refractivity (Wildman–Crippen MR) is 455 cm³/mol. The van der Waals surface area contributed by atoms with E-state index in [1.165, 1.54) is 142 Å². The van der Waals surface area contributed by atoms with Crippen LogP contribution in [0, 0.1) is 117 Å². The van der Waals surface area contributed by atoms with Gasteiger partial charge in [-0.2, -0.15) is 0 Å². The Labute approximate surface area is 659 Å². The Kier molecular flexibility index (Phi) is 39.9. The first-order valence-corrected chi connectivity index (χ1v) is 43.8. The van der Waals surface area contributed by atoms with Crippen LogP contribution in [0.15, 0.2) is 37.5 Å². The summed E-state index contributed by atoms with van der Waals surface area (Å²) in [5, 5.41) is 41.5. The molecule has 18 atom stereocenters. The minimum atomic E-state index is -0.312. The molecule has 7 aliphatic rings. The average Bonchev–Trinajstić information content (AvgIpc) is 0.780. The van der Waals surface area contributed by atoms with E-state index in [-0.39, 0.29) is 112 Å². The maximum atomic E-state index is 12.3. The molecular weight excluding hydrogens is 1310 g/mol. The van der Waals surface area contributed by atoms with Gasteiger partial charge in [-0.15, -0.1) is 13.2 Å². The quantitative estimate of drug-likeness (QED) is 0.0732. The van der Waals surface area contributed by atoms with Gasteiger partial charge in [-0.25, -0.2) is 0 Å². The molecule has 0 aliphatic heterocycles. The van der Waals surface area contributed by atoms with Crippen molar-refractivity contribution in [1.29, 1.82) is 0 Å². The summed E-state index contributed by atoms with van der Waals surface area (Å²) in [6, 6.07) is 0. The van der Waals surface area contributed by atoms with Gasteiger partial charge < -0.3 is 29.9 Å². The molecule has 7 aliphatic carbocycles. The third-order valence-corrected chi connectivity index (χ3v) is 34.6. The first kappa shape index (κ1) is 102. The number of aliphatic hydroxyl groups is 4. The number of hydrogen-bond donors (Lipinski definition) is 4. The molecule has 0 bridgehead atoms. The molecule has 18 unspecified atom stereocenters. The van der Waals surface area contributed by atoms with Crippen LogP contribution in [0.1, 0.15) is 408 Å². The molecule has 9 nitrogen and oxygen atoms in total. The Bertz CT molecular complexity index is 2650. The van der Waals surface area contributed by atoms with Crippen LogP contribution in [-0.2, 0) is 23.9 Å². The molecule has 7 fully saturated rings. The predicted octanol–water partition coefficient (Wildman–Crippen LogP) is 26.7. The second kappa shape index (κ2) is 41.6. The van der Waals surface area contributed by atoms with Crippen molar-refractivity contribution in [3.63, 3.8) is 0 Å². The Morgan fingerprint density at radius 1 is 0.425 bits per heavy atom. The smallest absolute Gasteiger partial charge is 0.305 e. The first-order chi connectivity index (χ1) is 48.4. The summed E-state index contributed by atoms with van der Waals surface area (Å²) in [5.41, 5.74) is 1.97. The van der Waals surface area contributed by atoms with Crippen molar-refractivity contribution in [1.82, 2.24) is 0 Å². The molecule has 0 aromatic carbocycles. The third-order valence-electron chi connectivity index (χ3n) is 34.6. The van der Waals surface area contributed by atoms with Crippen molar-refractivity contribution in [2.75, 3.05) is 13.2 Å². The van der Waals surface area contributed by atoms with E-state index in [1.54, 1.807) is 6.08 Å². The Balaban J connectivity index is 0.000000619. The van der Waals surface area contributed by atoms with Gasteiger partial charge in [0.25, 0.3) is 0 Å². The second-order valence-corrected chi connectivity index (χ2v) is 42.2. The van der Waals surface area contributed by atoms with E-state index in [1.807, 2.05) is 32.1 Å². The zero-order valence-corrected chi connectivity index (χ0v) is 76.6. The van der Waals surface area contributed by atoms with Crippen molar-refractivity contribution < 1.29 is 44.3 Å². The molecule has 0 heterocycles. The van der Waals surface area contributed by atoms with Gasteiger partial charge in [0.1, 0.15) is 5.78 Å². The number of ether oxygens (including phenoxy) is 2. The van der Waals surface area contributed by atoms with E-state index in [0.29, 0.717) is 79.7 Å². The highest BCUT2D eigenvalue weighted by atomic mass is 16.5. The number of carbonyl (C=O) groups is 3. The lowest BCUT2D eigenvalue weighted by Gasteiger charge is -2.55. The van der Waals surface area contributed by atoms with Crippen LogP contribution >= 0.6 is 0 Å². The van der Waals surface area contributed by atoms with Crippen LogP contribution in [0.5, 0.6) is 0 Å². The molecular formula is C97H182O9. The molecule has 624 valence electrons. The lowest BCUT2D eigenvalue weighted by molar-refractivity contribution is -0.155. The molecule has 0 spiro atoms. The number of hydrogen-bond acceptors (Lipinski definition) is 9. The van der Waals surface area contributed by atoms with Crippen LogP contribution in [0.25, 0.3) is 0 Å². The van der Waals surface area contributed by atoms with Gasteiger partial charge in [0.2, 0.25) is 0 Å². The summed E-state index contributed by atoms with van der Waals surface area (Å²) in [6.07, 6.45) is 39.0. The van der Waals surface area contributed by atoms with Crippen molar-refractivity contribution >= 4 is 17.7 Å². The fourth-order valence-electron chi connectivity index (χ4n) is 21.8. The highest BCUT2D eigenvalue weighted by Crippen LogP contribution is 2.61. The molecule has 0 radical (unpaired) electrons. The van der Waals surface area contributed by atoms with Gasteiger partial charge in [0.05, 0.1) is 37.6 Å². The van der Waals surface area contributed by atoms with Gasteiger partial charge in [-0.3, -0.25) is 14.4 Å². The van der Waals surface area contributed by atoms with Crippen LogP contribution < -0.4 is 0 Å². The fourth-order valence-corrected chi connectivity index (χ4v) is 21.8. The summed E-state index contributed by atoms with van der Waals surface area (Å²) in [7, 11) is 0. The lowest BCUT2D eigenvalue weighted by Crippen LogP contribution is -2.51. The third kappa shape index (κ3) is 23.2. The summed E-state index contributed by atoms with van der Waals surface area (Å²) < 4.78 is 10.7. The van der Waals surface area contributed by atoms with Crippen LogP contribution in [0.4, 0.5) is 0 Å². The molecule has 0 saturated heterocycles. The van der Waals surface area contributed by atoms with Gasteiger partial charge in [0.15, 0.2) is 0 Å². The van der Waals surface area contributed by atoms with E-state index in [0.717, 1.165) is 25.7 Å². The van der Waals surface area contributed by atoms with Crippen molar-refractivity contribution in [2.24, 2.45) is 117 Å². The fraction of sp³-hybridized carbons (Fsp3) is 0.907. The van der Waals surface area contributed by atoms with Crippen LogP contribution in [-0.4, -0.2) is 75.8 Å². The zero-order valence-electron chi connectivity index (χ0n) is 76.6. The highest BCUT2D eigenvalue weighted by molar-refractivity contribution is 5.87. The monoisotopic (exact) mass is 1490 g/mol. The number of unbranched alkanes of at least 4 members (excludes halogenated alkanes) is 1. The van der Waals surface area contributed by atoms with E-state index in [9.17, 15) is 34.8 Å². The van der Waals surface area contributed by atoms with Gasteiger partial charge in [0, 0.05) is 57.7 Å². The molecule has 0 aromatic rings. The van der Waals surface area contributed by atoms with E-state index in [4.69, 9.17) is 9.47 Å². The SMILES string of the molecule is C/C=C/C(O)C1(C)C(C)CCCC1(C)C.C=CCC(=O)C1(C)C(C)CCCC1(C)C.C=CCC(O)C1(C)C(C)CCCC1(C)C.CC(=O)OCC1(C)C(C)CCCC1(C)C.CCC(=O)OCC1(C)C(C)CCCC1(C)C.CCC(O)C1(C)C(C)CCCC1(C)C.CCCCC(O)C1(C)C(C)CCCC1(C)C. The van der Waals surface area contributed by atoms with E-state index >= 15 is 0 Å². The van der Waals surface area contributed by atoms with Gasteiger partial charge in [-0.1, -0.05) is 335 Å². The zero-order chi connectivity index (χ0) is 82.5. The molecule has 4 N–H and O–H groups in total. The van der Waals surface area contributed by atoms with Crippen molar-refractivity contribution in [3.8, 4) is 0 Å². The number of rotatable bonds is 19. The normalized spacial score (nSPS) is 36.2. The highest BCUT2D eigenvalue weighted by Gasteiger charge is 2.56. The minimum absolute atomic E-state index is 0.0117. The number of allylic oxidation sites excluding steroid dienone is 2. The van der Waals surface area contributed by atoms with E-state index in [2.05, 4.69) is 221 Å². The van der Waals surface area contributed by atoms with Crippen LogP contribution in [0.2, 0.25) is 0 Å². The van der Waals surface area contributed by atoms with E-state index < -0.39 is 0 Å². The molecule has 7 rings (SSSR count). The van der Waals surface area contributed by atoms with Gasteiger partial charge in [-0.05, 0) is 157 Å². The number of Topliss-reactive ketones (excluding diaryl/α,β-unsaturated/α-hetero) is 1. The van der Waals surface area contributed by atoms with Crippen molar-refractivity contribution in [3.05, 3.63) is 37.5 Å². The summed E-state index contributed by atoms with van der Waals surface area (Å²) in [4.78, 5) is 34.5.